The highest BCUT2D eigenvalue weighted by molar-refractivity contribution is 5.90. The number of rotatable bonds is 4. The van der Waals surface area contributed by atoms with Crippen LogP contribution in [0.2, 0.25) is 0 Å². The van der Waals surface area contributed by atoms with Crippen LogP contribution in [0.1, 0.15) is 43.2 Å². The van der Waals surface area contributed by atoms with Crippen molar-refractivity contribution in [3.05, 3.63) is 11.7 Å². The van der Waals surface area contributed by atoms with Crippen LogP contribution < -0.4 is 11.1 Å². The maximum absolute atomic E-state index is 11.3. The first-order valence-electron chi connectivity index (χ1n) is 4.93. The van der Waals surface area contributed by atoms with Gasteiger partial charge in [-0.25, -0.2) is 0 Å². The highest BCUT2D eigenvalue weighted by Crippen LogP contribution is 2.15. The lowest BCUT2D eigenvalue weighted by Gasteiger charge is -2.09. The third-order valence-corrected chi connectivity index (χ3v) is 2.16. The molecule has 0 radical (unpaired) electrons. The van der Waals surface area contributed by atoms with Gasteiger partial charge in [0.25, 0.3) is 11.7 Å². The van der Waals surface area contributed by atoms with Gasteiger partial charge in [0.1, 0.15) is 0 Å². The molecule has 0 spiro atoms. The lowest BCUT2D eigenvalue weighted by Crippen LogP contribution is -2.25. The number of nitrogens with two attached hydrogens (primary N) is 1. The van der Waals surface area contributed by atoms with Gasteiger partial charge in [-0.1, -0.05) is 12.1 Å². The smallest absolute Gasteiger partial charge is 0.292 e. The van der Waals surface area contributed by atoms with E-state index in [1.807, 2.05) is 20.8 Å². The molecule has 6 nitrogen and oxygen atoms in total. The van der Waals surface area contributed by atoms with Gasteiger partial charge in [-0.05, 0) is 13.8 Å². The molecule has 0 aliphatic rings. The van der Waals surface area contributed by atoms with Gasteiger partial charge >= 0.3 is 0 Å². The first-order valence-corrected chi connectivity index (χ1v) is 4.93. The summed E-state index contributed by atoms with van der Waals surface area (Å²) < 4.78 is 4.95. The fourth-order valence-electron chi connectivity index (χ4n) is 0.977. The molecule has 84 valence electrons. The molecule has 0 aliphatic heterocycles. The van der Waals surface area contributed by atoms with Crippen molar-refractivity contribution in [2.24, 2.45) is 5.73 Å². The Labute approximate surface area is 88.2 Å². The number of hydrogen-bond acceptors (Lipinski definition) is 5. The Balaban J connectivity index is 2.76. The first kappa shape index (κ1) is 11.6. The van der Waals surface area contributed by atoms with Crippen LogP contribution >= 0.6 is 0 Å². The maximum Gasteiger partial charge on any atom is 0.292 e. The van der Waals surface area contributed by atoms with E-state index < -0.39 is 0 Å². The second kappa shape index (κ2) is 4.88. The lowest BCUT2D eigenvalue weighted by molar-refractivity contribution is 0.0942. The molecule has 1 aromatic rings. The van der Waals surface area contributed by atoms with Crippen LogP contribution in [0.3, 0.4) is 0 Å². The number of nitrogens with one attached hydrogen (secondary N) is 1. The quantitative estimate of drug-likeness (QED) is 0.747. The highest BCUT2D eigenvalue weighted by Gasteiger charge is 2.20. The molecule has 2 unspecified atom stereocenters. The van der Waals surface area contributed by atoms with Crippen molar-refractivity contribution < 1.29 is 9.32 Å². The van der Waals surface area contributed by atoms with E-state index >= 15 is 0 Å². The van der Waals surface area contributed by atoms with Gasteiger partial charge in [-0.2, -0.15) is 4.98 Å². The van der Waals surface area contributed by atoms with Crippen LogP contribution in [-0.4, -0.2) is 28.6 Å². The third kappa shape index (κ3) is 2.76. The van der Waals surface area contributed by atoms with E-state index in [1.165, 1.54) is 0 Å². The Hall–Kier alpha value is -1.43. The van der Waals surface area contributed by atoms with Crippen LogP contribution in [0.15, 0.2) is 4.52 Å². The van der Waals surface area contributed by atoms with E-state index in [9.17, 15) is 4.79 Å². The van der Waals surface area contributed by atoms with Crippen molar-refractivity contribution in [2.45, 2.75) is 32.7 Å². The SMILES string of the molecule is CCNC(=O)c1noc(C(C)C(C)N)n1. The number of carbonyl (C=O) groups is 1. The maximum atomic E-state index is 11.3. The minimum absolute atomic E-state index is 0.0549. The Morgan fingerprint density at radius 1 is 1.60 bits per heavy atom. The summed E-state index contributed by atoms with van der Waals surface area (Å²) in [6.45, 7) is 6.08. The minimum Gasteiger partial charge on any atom is -0.349 e. The Morgan fingerprint density at radius 3 is 2.80 bits per heavy atom. The molecular weight excluding hydrogens is 196 g/mol. The summed E-state index contributed by atoms with van der Waals surface area (Å²) in [5.74, 6) is 0.0654. The van der Waals surface area contributed by atoms with Crippen molar-refractivity contribution in [3.8, 4) is 0 Å². The van der Waals surface area contributed by atoms with Crippen LogP contribution in [0, 0.1) is 0 Å². The molecule has 0 bridgehead atoms. The van der Waals surface area contributed by atoms with E-state index in [-0.39, 0.29) is 23.7 Å². The third-order valence-electron chi connectivity index (χ3n) is 2.16. The highest BCUT2D eigenvalue weighted by atomic mass is 16.5. The molecule has 1 amide bonds. The summed E-state index contributed by atoms with van der Waals surface area (Å²) in [4.78, 5) is 15.3. The van der Waals surface area contributed by atoms with Crippen LogP contribution in [0.4, 0.5) is 0 Å². The summed E-state index contributed by atoms with van der Waals surface area (Å²) in [6, 6.07) is -0.0902. The number of aromatic nitrogens is 2. The molecule has 1 heterocycles. The van der Waals surface area contributed by atoms with Crippen LogP contribution in [-0.2, 0) is 0 Å². The van der Waals surface area contributed by atoms with Gasteiger partial charge in [0.05, 0.1) is 5.92 Å². The fourth-order valence-corrected chi connectivity index (χ4v) is 0.977. The molecule has 1 rings (SSSR count). The molecule has 0 saturated carbocycles. The predicted octanol–water partition coefficient (Wildman–Crippen LogP) is 0.270. The van der Waals surface area contributed by atoms with E-state index in [2.05, 4.69) is 15.5 Å². The van der Waals surface area contributed by atoms with E-state index in [0.717, 1.165) is 0 Å². The topological polar surface area (TPSA) is 94.0 Å². The number of carbonyl (C=O) groups excluding carboxylic acids is 1. The zero-order valence-electron chi connectivity index (χ0n) is 9.15. The molecule has 2 atom stereocenters. The van der Waals surface area contributed by atoms with Gasteiger partial charge in [-0.15, -0.1) is 0 Å². The van der Waals surface area contributed by atoms with Crippen LogP contribution in [0.5, 0.6) is 0 Å². The molecule has 0 aromatic carbocycles. The largest absolute Gasteiger partial charge is 0.349 e. The Morgan fingerprint density at radius 2 is 2.27 bits per heavy atom. The van der Waals surface area contributed by atoms with Crippen molar-refractivity contribution in [3.63, 3.8) is 0 Å². The van der Waals surface area contributed by atoms with Gasteiger partial charge in [-0.3, -0.25) is 4.79 Å². The van der Waals surface area contributed by atoms with E-state index in [0.29, 0.717) is 12.4 Å². The van der Waals surface area contributed by atoms with Crippen molar-refractivity contribution in [2.75, 3.05) is 6.54 Å². The second-order valence-electron chi connectivity index (χ2n) is 3.46. The summed E-state index contributed by atoms with van der Waals surface area (Å²) >= 11 is 0. The van der Waals surface area contributed by atoms with E-state index in [4.69, 9.17) is 10.3 Å². The second-order valence-corrected chi connectivity index (χ2v) is 3.46. The summed E-state index contributed by atoms with van der Waals surface area (Å²) in [5.41, 5.74) is 5.68. The van der Waals surface area contributed by atoms with Crippen LogP contribution in [0.25, 0.3) is 0 Å². The monoisotopic (exact) mass is 212 g/mol. The van der Waals surface area contributed by atoms with Crippen molar-refractivity contribution in [1.82, 2.24) is 15.5 Å². The fraction of sp³-hybridized carbons (Fsp3) is 0.667. The molecule has 3 N–H and O–H groups in total. The zero-order valence-corrected chi connectivity index (χ0v) is 9.15. The molecular formula is C9H16N4O2. The summed E-state index contributed by atoms with van der Waals surface area (Å²) in [7, 11) is 0. The van der Waals surface area contributed by atoms with Gasteiger partial charge in [0.2, 0.25) is 5.89 Å². The van der Waals surface area contributed by atoms with Gasteiger partial charge in [0, 0.05) is 12.6 Å². The number of amides is 1. The van der Waals surface area contributed by atoms with Crippen molar-refractivity contribution in [1.29, 1.82) is 0 Å². The summed E-state index contributed by atoms with van der Waals surface area (Å²) in [5, 5.41) is 6.17. The van der Waals surface area contributed by atoms with Crippen molar-refractivity contribution >= 4 is 5.91 Å². The first-order chi connectivity index (χ1) is 7.06. The molecule has 0 fully saturated rings. The number of hydrogen-bond donors (Lipinski definition) is 2. The molecule has 15 heavy (non-hydrogen) atoms. The van der Waals surface area contributed by atoms with Gasteiger partial charge < -0.3 is 15.6 Å². The molecule has 0 aliphatic carbocycles. The molecule has 0 saturated heterocycles. The summed E-state index contributed by atoms with van der Waals surface area (Å²) in [6.07, 6.45) is 0. The number of nitrogens with zero attached hydrogens (tertiary/aromatic N) is 2. The predicted molar refractivity (Wildman–Crippen MR) is 54.4 cm³/mol. The minimum atomic E-state index is -0.329. The Kier molecular flexibility index (Phi) is 3.79. The van der Waals surface area contributed by atoms with Gasteiger partial charge in [0.15, 0.2) is 0 Å². The average Bonchev–Trinajstić information content (AvgIpc) is 2.65. The lowest BCUT2D eigenvalue weighted by atomic mass is 10.1. The average molecular weight is 212 g/mol. The molecule has 6 heteroatoms. The Bertz CT molecular complexity index is 335. The molecule has 1 aromatic heterocycles. The van der Waals surface area contributed by atoms with E-state index in [1.54, 1.807) is 0 Å². The zero-order chi connectivity index (χ0) is 11.4. The standard InChI is InChI=1S/C9H16N4O2/c1-4-11-8(14)7-12-9(15-13-7)5(2)6(3)10/h5-6H,4,10H2,1-3H3,(H,11,14). The normalized spacial score (nSPS) is 14.7.